The zero-order chi connectivity index (χ0) is 16.2. The Morgan fingerprint density at radius 1 is 1.22 bits per heavy atom. The maximum atomic E-state index is 12.2. The molecule has 0 radical (unpaired) electrons. The summed E-state index contributed by atoms with van der Waals surface area (Å²) in [5, 5.41) is 4.98. The van der Waals surface area contributed by atoms with Crippen LogP contribution in [0.4, 0.5) is 0 Å². The van der Waals surface area contributed by atoms with E-state index in [9.17, 15) is 4.79 Å². The Kier molecular flexibility index (Phi) is 4.64. The highest BCUT2D eigenvalue weighted by atomic mass is 35.5. The number of rotatable bonds is 6. The SMILES string of the molecule is CN(CCOc1ccc(Cl)cc1)Cn1nc2ccccn2c1=O. The number of ether oxygens (including phenoxy) is 1. The van der Waals surface area contributed by atoms with E-state index < -0.39 is 0 Å². The van der Waals surface area contributed by atoms with E-state index in [2.05, 4.69) is 5.10 Å². The van der Waals surface area contributed by atoms with Gasteiger partial charge in [-0.1, -0.05) is 17.7 Å². The molecule has 0 N–H and O–H groups in total. The van der Waals surface area contributed by atoms with Crippen molar-refractivity contribution in [2.45, 2.75) is 6.67 Å². The maximum Gasteiger partial charge on any atom is 0.351 e. The lowest BCUT2D eigenvalue weighted by atomic mass is 10.3. The summed E-state index contributed by atoms with van der Waals surface area (Å²) in [5.74, 6) is 0.771. The van der Waals surface area contributed by atoms with Crippen LogP contribution in [0.3, 0.4) is 0 Å². The van der Waals surface area contributed by atoms with Gasteiger partial charge >= 0.3 is 5.69 Å². The number of hydrogen-bond donors (Lipinski definition) is 0. The Balaban J connectivity index is 1.56. The summed E-state index contributed by atoms with van der Waals surface area (Å²) < 4.78 is 8.61. The van der Waals surface area contributed by atoms with Crippen molar-refractivity contribution in [2.24, 2.45) is 0 Å². The summed E-state index contributed by atoms with van der Waals surface area (Å²) >= 11 is 5.83. The van der Waals surface area contributed by atoms with E-state index in [0.29, 0.717) is 30.5 Å². The Morgan fingerprint density at radius 3 is 2.74 bits per heavy atom. The summed E-state index contributed by atoms with van der Waals surface area (Å²) in [7, 11) is 1.92. The molecule has 0 aliphatic rings. The molecule has 0 saturated carbocycles. The van der Waals surface area contributed by atoms with Crippen molar-refractivity contribution < 1.29 is 4.74 Å². The van der Waals surface area contributed by atoms with E-state index in [1.54, 1.807) is 18.3 Å². The van der Waals surface area contributed by atoms with Crippen LogP contribution < -0.4 is 10.4 Å². The Morgan fingerprint density at radius 2 is 2.00 bits per heavy atom. The molecule has 23 heavy (non-hydrogen) atoms. The lowest BCUT2D eigenvalue weighted by Gasteiger charge is -2.16. The van der Waals surface area contributed by atoms with Crippen LogP contribution in [0.2, 0.25) is 5.02 Å². The van der Waals surface area contributed by atoms with Gasteiger partial charge in [-0.3, -0.25) is 9.30 Å². The predicted molar refractivity (Wildman–Crippen MR) is 89.0 cm³/mol. The molecular formula is C16H17ClN4O2. The number of fused-ring (bicyclic) bond motifs is 1. The van der Waals surface area contributed by atoms with Crippen LogP contribution in [0.1, 0.15) is 0 Å². The van der Waals surface area contributed by atoms with Crippen molar-refractivity contribution >= 4 is 17.2 Å². The van der Waals surface area contributed by atoms with Gasteiger partial charge in [0.15, 0.2) is 5.65 Å². The molecule has 0 unspecified atom stereocenters. The third-order valence-corrected chi connectivity index (χ3v) is 3.67. The minimum Gasteiger partial charge on any atom is -0.492 e. The van der Waals surface area contributed by atoms with Crippen molar-refractivity contribution in [3.63, 3.8) is 0 Å². The van der Waals surface area contributed by atoms with Crippen molar-refractivity contribution in [3.8, 4) is 5.75 Å². The van der Waals surface area contributed by atoms with Gasteiger partial charge in [0.1, 0.15) is 12.4 Å². The predicted octanol–water partition coefficient (Wildman–Crippen LogP) is 2.12. The Labute approximate surface area is 138 Å². The van der Waals surface area contributed by atoms with Gasteiger partial charge in [-0.25, -0.2) is 4.79 Å². The van der Waals surface area contributed by atoms with E-state index in [-0.39, 0.29) is 5.69 Å². The van der Waals surface area contributed by atoms with E-state index in [0.717, 1.165) is 5.75 Å². The van der Waals surface area contributed by atoms with Gasteiger partial charge in [0, 0.05) is 17.8 Å². The normalized spacial score (nSPS) is 11.3. The molecule has 0 amide bonds. The lowest BCUT2D eigenvalue weighted by Crippen LogP contribution is -2.32. The fraction of sp³-hybridized carbons (Fsp3) is 0.250. The zero-order valence-corrected chi connectivity index (χ0v) is 13.5. The molecule has 7 heteroatoms. The van der Waals surface area contributed by atoms with Gasteiger partial charge in [-0.05, 0) is 43.4 Å². The van der Waals surface area contributed by atoms with Gasteiger partial charge in [0.25, 0.3) is 0 Å². The number of hydrogen-bond acceptors (Lipinski definition) is 4. The lowest BCUT2D eigenvalue weighted by molar-refractivity contribution is 0.197. The molecule has 0 spiro atoms. The zero-order valence-electron chi connectivity index (χ0n) is 12.7. The van der Waals surface area contributed by atoms with Crippen molar-refractivity contribution in [1.82, 2.24) is 19.1 Å². The molecule has 0 saturated heterocycles. The van der Waals surface area contributed by atoms with E-state index in [1.165, 1.54) is 9.08 Å². The largest absolute Gasteiger partial charge is 0.492 e. The maximum absolute atomic E-state index is 12.2. The molecule has 2 aromatic heterocycles. The highest BCUT2D eigenvalue weighted by molar-refractivity contribution is 6.30. The third-order valence-electron chi connectivity index (χ3n) is 3.42. The molecule has 0 fully saturated rings. The number of benzene rings is 1. The second-order valence-corrected chi connectivity index (χ2v) is 5.67. The van der Waals surface area contributed by atoms with Gasteiger partial charge in [-0.15, -0.1) is 5.10 Å². The summed E-state index contributed by atoms with van der Waals surface area (Å²) in [6.07, 6.45) is 1.71. The summed E-state index contributed by atoms with van der Waals surface area (Å²) in [6, 6.07) is 12.7. The average molecular weight is 333 g/mol. The first-order valence-electron chi connectivity index (χ1n) is 7.24. The number of pyridine rings is 1. The monoisotopic (exact) mass is 332 g/mol. The molecule has 0 aliphatic heterocycles. The molecule has 3 rings (SSSR count). The standard InChI is InChI=1S/C16H17ClN4O2/c1-19(10-11-23-14-7-5-13(17)6-8-14)12-21-16(22)20-9-3-2-4-15(20)18-21/h2-9H,10-12H2,1H3. The highest BCUT2D eigenvalue weighted by Crippen LogP contribution is 2.15. The highest BCUT2D eigenvalue weighted by Gasteiger charge is 2.08. The Bertz CT molecular complexity index is 841. The Hall–Kier alpha value is -2.31. The number of halogens is 1. The quantitative estimate of drug-likeness (QED) is 0.694. The van der Waals surface area contributed by atoms with Gasteiger partial charge in [0.05, 0.1) is 6.67 Å². The first-order chi connectivity index (χ1) is 11.1. The van der Waals surface area contributed by atoms with Gasteiger partial charge < -0.3 is 4.74 Å². The fourth-order valence-corrected chi connectivity index (χ4v) is 2.34. The molecule has 6 nitrogen and oxygen atoms in total. The van der Waals surface area contributed by atoms with Crippen LogP contribution in [-0.4, -0.2) is 39.3 Å². The molecule has 0 atom stereocenters. The molecule has 1 aromatic carbocycles. The van der Waals surface area contributed by atoms with E-state index in [4.69, 9.17) is 16.3 Å². The molecule has 120 valence electrons. The smallest absolute Gasteiger partial charge is 0.351 e. The minimum absolute atomic E-state index is 0.147. The van der Waals surface area contributed by atoms with Crippen LogP contribution in [0, 0.1) is 0 Å². The third kappa shape index (κ3) is 3.72. The number of aromatic nitrogens is 3. The summed E-state index contributed by atoms with van der Waals surface area (Å²) in [4.78, 5) is 14.2. The van der Waals surface area contributed by atoms with Crippen LogP contribution >= 0.6 is 11.6 Å². The second kappa shape index (κ2) is 6.85. The molecule has 0 aliphatic carbocycles. The number of likely N-dealkylation sites (N-methyl/N-ethyl adjacent to an activating group) is 1. The molecular weight excluding hydrogens is 316 g/mol. The van der Waals surface area contributed by atoms with Crippen molar-refractivity contribution in [3.05, 3.63) is 64.2 Å². The van der Waals surface area contributed by atoms with Crippen molar-refractivity contribution in [1.29, 1.82) is 0 Å². The first-order valence-corrected chi connectivity index (χ1v) is 7.62. The topological polar surface area (TPSA) is 51.8 Å². The van der Waals surface area contributed by atoms with E-state index >= 15 is 0 Å². The summed E-state index contributed by atoms with van der Waals surface area (Å²) in [6.45, 7) is 1.59. The molecule has 3 aromatic rings. The fourth-order valence-electron chi connectivity index (χ4n) is 2.21. The average Bonchev–Trinajstić information content (AvgIpc) is 2.86. The first kappa shape index (κ1) is 15.6. The minimum atomic E-state index is -0.147. The molecule has 0 bridgehead atoms. The van der Waals surface area contributed by atoms with Crippen LogP contribution in [0.25, 0.3) is 5.65 Å². The van der Waals surface area contributed by atoms with Crippen LogP contribution in [0.15, 0.2) is 53.5 Å². The number of nitrogens with zero attached hydrogens (tertiary/aromatic N) is 4. The van der Waals surface area contributed by atoms with Crippen LogP contribution in [-0.2, 0) is 6.67 Å². The second-order valence-electron chi connectivity index (χ2n) is 5.23. The van der Waals surface area contributed by atoms with Gasteiger partial charge in [0.2, 0.25) is 0 Å². The van der Waals surface area contributed by atoms with Crippen molar-refractivity contribution in [2.75, 3.05) is 20.2 Å². The summed E-state index contributed by atoms with van der Waals surface area (Å²) in [5.41, 5.74) is 0.495. The van der Waals surface area contributed by atoms with Crippen LogP contribution in [0.5, 0.6) is 5.75 Å². The van der Waals surface area contributed by atoms with Gasteiger partial charge in [-0.2, -0.15) is 4.68 Å². The van der Waals surface area contributed by atoms with E-state index in [1.807, 2.05) is 42.3 Å². The molecule has 2 heterocycles.